The lowest BCUT2D eigenvalue weighted by Gasteiger charge is -2.06. The second kappa shape index (κ2) is 5.65. The Morgan fingerprint density at radius 2 is 1.78 bits per heavy atom. The second-order valence-corrected chi connectivity index (χ2v) is 4.09. The lowest BCUT2D eigenvalue weighted by atomic mass is 10.1. The summed E-state index contributed by atoms with van der Waals surface area (Å²) in [6.07, 6.45) is 0. The molecule has 0 aliphatic heterocycles. The van der Waals surface area contributed by atoms with Crippen molar-refractivity contribution >= 4 is 17.4 Å². The summed E-state index contributed by atoms with van der Waals surface area (Å²) in [6.45, 7) is -0.206. The molecule has 2 nitrogen and oxygen atoms in total. The minimum Gasteiger partial charge on any atom is -0.482 e. The van der Waals surface area contributed by atoms with Crippen LogP contribution in [0.15, 0.2) is 48.5 Å². The molecule has 0 saturated heterocycles. The number of ketones is 1. The lowest BCUT2D eigenvalue weighted by Crippen LogP contribution is -2.12. The first-order chi connectivity index (χ1) is 8.66. The minimum absolute atomic E-state index is 0.0693. The van der Waals surface area contributed by atoms with E-state index in [1.54, 1.807) is 36.4 Å². The molecule has 0 aliphatic carbocycles. The Bertz CT molecular complexity index is 552. The highest BCUT2D eigenvalue weighted by molar-refractivity contribution is 6.30. The van der Waals surface area contributed by atoms with Crippen molar-refractivity contribution in [2.24, 2.45) is 0 Å². The molecule has 0 bridgehead atoms. The van der Waals surface area contributed by atoms with E-state index in [0.29, 0.717) is 10.6 Å². The Hall–Kier alpha value is -1.87. The van der Waals surface area contributed by atoms with Crippen molar-refractivity contribution in [1.29, 1.82) is 0 Å². The molecule has 0 atom stereocenters. The van der Waals surface area contributed by atoms with Crippen LogP contribution in [0.4, 0.5) is 4.39 Å². The fraction of sp³-hybridized carbons (Fsp3) is 0.0714. The number of carbonyl (C=O) groups is 1. The molecule has 0 N–H and O–H groups in total. The van der Waals surface area contributed by atoms with Crippen LogP contribution in [-0.4, -0.2) is 12.4 Å². The number of carbonyl (C=O) groups excluding carboxylic acids is 1. The van der Waals surface area contributed by atoms with Gasteiger partial charge in [0.15, 0.2) is 24.0 Å². The summed E-state index contributed by atoms with van der Waals surface area (Å²) in [6, 6.07) is 12.4. The number of rotatable bonds is 4. The van der Waals surface area contributed by atoms with Gasteiger partial charge in [0.1, 0.15) is 0 Å². The van der Waals surface area contributed by atoms with Gasteiger partial charge in [-0.3, -0.25) is 4.79 Å². The highest BCUT2D eigenvalue weighted by Gasteiger charge is 2.08. The zero-order chi connectivity index (χ0) is 13.0. The molecule has 92 valence electrons. The Kier molecular flexibility index (Phi) is 3.95. The first kappa shape index (κ1) is 12.6. The normalized spacial score (nSPS) is 10.1. The van der Waals surface area contributed by atoms with Crippen LogP contribution in [0, 0.1) is 5.82 Å². The third kappa shape index (κ3) is 3.08. The summed E-state index contributed by atoms with van der Waals surface area (Å²) in [5, 5.41) is 0.557. The van der Waals surface area contributed by atoms with E-state index in [1.807, 2.05) is 0 Å². The molecule has 0 spiro atoms. The van der Waals surface area contributed by atoms with Gasteiger partial charge in [0, 0.05) is 10.6 Å². The Morgan fingerprint density at radius 3 is 2.44 bits per heavy atom. The predicted octanol–water partition coefficient (Wildman–Crippen LogP) is 3.74. The molecule has 0 aliphatic rings. The molecule has 0 amide bonds. The maximum Gasteiger partial charge on any atom is 0.200 e. The molecule has 4 heteroatoms. The molecule has 0 saturated carbocycles. The summed E-state index contributed by atoms with van der Waals surface area (Å²) in [7, 11) is 0. The van der Waals surface area contributed by atoms with Gasteiger partial charge in [0.05, 0.1) is 0 Å². The van der Waals surface area contributed by atoms with Gasteiger partial charge < -0.3 is 4.74 Å². The van der Waals surface area contributed by atoms with Crippen LogP contribution in [0.25, 0.3) is 0 Å². The third-order valence-corrected chi connectivity index (χ3v) is 2.61. The highest BCUT2D eigenvalue weighted by Crippen LogP contribution is 2.16. The van der Waals surface area contributed by atoms with Gasteiger partial charge >= 0.3 is 0 Å². The zero-order valence-corrected chi connectivity index (χ0v) is 10.2. The van der Waals surface area contributed by atoms with Crippen LogP contribution in [0.3, 0.4) is 0 Å². The molecule has 2 aromatic rings. The molecule has 0 aromatic heterocycles. The first-order valence-electron chi connectivity index (χ1n) is 5.33. The smallest absolute Gasteiger partial charge is 0.200 e. The van der Waals surface area contributed by atoms with Gasteiger partial charge in [-0.2, -0.15) is 0 Å². The number of hydrogen-bond acceptors (Lipinski definition) is 2. The average Bonchev–Trinajstić information content (AvgIpc) is 2.38. The SMILES string of the molecule is O=C(COc1ccccc1F)c1ccc(Cl)cc1. The quantitative estimate of drug-likeness (QED) is 0.787. The number of para-hydroxylation sites is 1. The number of halogens is 2. The number of Topliss-reactive ketones (excluding diaryl/α,β-unsaturated/α-hetero) is 1. The fourth-order valence-electron chi connectivity index (χ4n) is 1.42. The van der Waals surface area contributed by atoms with Crippen LogP contribution in [-0.2, 0) is 0 Å². The predicted molar refractivity (Wildman–Crippen MR) is 67.7 cm³/mol. The number of ether oxygens (including phenoxy) is 1. The number of hydrogen-bond donors (Lipinski definition) is 0. The monoisotopic (exact) mass is 264 g/mol. The highest BCUT2D eigenvalue weighted by atomic mass is 35.5. The molecule has 18 heavy (non-hydrogen) atoms. The van der Waals surface area contributed by atoms with E-state index in [0.717, 1.165) is 0 Å². The van der Waals surface area contributed by atoms with E-state index in [4.69, 9.17) is 16.3 Å². The summed E-state index contributed by atoms with van der Waals surface area (Å²) in [5.41, 5.74) is 0.482. The van der Waals surface area contributed by atoms with Crippen molar-refractivity contribution in [2.75, 3.05) is 6.61 Å². The lowest BCUT2D eigenvalue weighted by molar-refractivity contribution is 0.0919. The Labute approximate surface area is 109 Å². The standard InChI is InChI=1S/C14H10ClFO2/c15-11-7-5-10(6-8-11)13(17)9-18-14-4-2-1-3-12(14)16/h1-8H,9H2. The van der Waals surface area contributed by atoms with Gasteiger partial charge in [-0.15, -0.1) is 0 Å². The summed E-state index contributed by atoms with van der Waals surface area (Å²) < 4.78 is 18.4. The van der Waals surface area contributed by atoms with E-state index in [9.17, 15) is 9.18 Å². The Balaban J connectivity index is 2.01. The van der Waals surface area contributed by atoms with E-state index >= 15 is 0 Å². The van der Waals surface area contributed by atoms with Crippen LogP contribution >= 0.6 is 11.6 Å². The van der Waals surface area contributed by atoms with Crippen molar-refractivity contribution in [3.05, 3.63) is 64.9 Å². The van der Waals surface area contributed by atoms with Gasteiger partial charge in [0.2, 0.25) is 0 Å². The van der Waals surface area contributed by atoms with Crippen LogP contribution in [0.5, 0.6) is 5.75 Å². The van der Waals surface area contributed by atoms with Crippen molar-refractivity contribution in [3.8, 4) is 5.75 Å². The van der Waals surface area contributed by atoms with Crippen molar-refractivity contribution in [1.82, 2.24) is 0 Å². The fourth-order valence-corrected chi connectivity index (χ4v) is 1.55. The van der Waals surface area contributed by atoms with Gasteiger partial charge in [-0.05, 0) is 36.4 Å². The molecular weight excluding hydrogens is 255 g/mol. The summed E-state index contributed by atoms with van der Waals surface area (Å²) >= 11 is 5.72. The molecular formula is C14H10ClFO2. The molecule has 0 radical (unpaired) electrons. The van der Waals surface area contributed by atoms with Crippen molar-refractivity contribution in [2.45, 2.75) is 0 Å². The zero-order valence-electron chi connectivity index (χ0n) is 9.40. The average molecular weight is 265 g/mol. The van der Waals surface area contributed by atoms with Crippen molar-refractivity contribution in [3.63, 3.8) is 0 Å². The summed E-state index contributed by atoms with van der Waals surface area (Å²) in [5.74, 6) is -0.642. The maximum atomic E-state index is 13.2. The summed E-state index contributed by atoms with van der Waals surface area (Å²) in [4.78, 5) is 11.8. The van der Waals surface area contributed by atoms with Gasteiger partial charge in [0.25, 0.3) is 0 Å². The van der Waals surface area contributed by atoms with E-state index in [2.05, 4.69) is 0 Å². The van der Waals surface area contributed by atoms with Crippen LogP contribution in [0.1, 0.15) is 10.4 Å². The van der Waals surface area contributed by atoms with Gasteiger partial charge in [-0.1, -0.05) is 23.7 Å². The molecule has 2 aromatic carbocycles. The van der Waals surface area contributed by atoms with E-state index in [-0.39, 0.29) is 18.1 Å². The minimum atomic E-state index is -0.485. The maximum absolute atomic E-state index is 13.2. The third-order valence-electron chi connectivity index (χ3n) is 2.36. The first-order valence-corrected chi connectivity index (χ1v) is 5.71. The molecule has 0 fully saturated rings. The molecule has 0 unspecified atom stereocenters. The van der Waals surface area contributed by atoms with Crippen LogP contribution < -0.4 is 4.74 Å². The molecule has 0 heterocycles. The topological polar surface area (TPSA) is 26.3 Å². The molecule has 2 rings (SSSR count). The van der Waals surface area contributed by atoms with E-state index < -0.39 is 5.82 Å². The second-order valence-electron chi connectivity index (χ2n) is 3.65. The van der Waals surface area contributed by atoms with Crippen LogP contribution in [0.2, 0.25) is 5.02 Å². The van der Waals surface area contributed by atoms with E-state index in [1.165, 1.54) is 12.1 Å². The van der Waals surface area contributed by atoms with Crippen molar-refractivity contribution < 1.29 is 13.9 Å². The largest absolute Gasteiger partial charge is 0.482 e. The number of benzene rings is 2. The Morgan fingerprint density at radius 1 is 1.11 bits per heavy atom. The van der Waals surface area contributed by atoms with Gasteiger partial charge in [-0.25, -0.2) is 4.39 Å².